The number of hydrogen-bond donors (Lipinski definition) is 1. The summed E-state index contributed by atoms with van der Waals surface area (Å²) < 4.78 is 1.13. The van der Waals surface area contributed by atoms with Crippen molar-refractivity contribution in [1.29, 1.82) is 0 Å². The van der Waals surface area contributed by atoms with Gasteiger partial charge in [0.15, 0.2) is 0 Å². The Balaban J connectivity index is 2.19. The van der Waals surface area contributed by atoms with E-state index in [0.717, 1.165) is 10.2 Å². The first-order chi connectivity index (χ1) is 9.61. The number of halogens is 1. The summed E-state index contributed by atoms with van der Waals surface area (Å²) in [5.74, 6) is 1.01. The van der Waals surface area contributed by atoms with Crippen LogP contribution in [0.5, 0.6) is 0 Å². The highest BCUT2D eigenvalue weighted by Crippen LogP contribution is 2.32. The number of nitrogens with one attached hydrogen (secondary N) is 1. The first kappa shape index (κ1) is 15.6. The molecule has 106 valence electrons. The molecule has 0 aromatic heterocycles. The van der Waals surface area contributed by atoms with Crippen molar-refractivity contribution in [2.45, 2.75) is 30.5 Å². The molecule has 0 spiro atoms. The standard InChI is InChI=1S/C17H20BrNS/c1-12-6-4-5-7-14(12)11-20-17-9-8-15(18)10-16(17)13(2)19-3/h4-10,13,19H,11H2,1-3H3. The van der Waals surface area contributed by atoms with Crippen LogP contribution in [0.1, 0.15) is 29.7 Å². The van der Waals surface area contributed by atoms with E-state index in [4.69, 9.17) is 0 Å². The highest BCUT2D eigenvalue weighted by atomic mass is 79.9. The largest absolute Gasteiger partial charge is 0.313 e. The molecule has 1 nitrogen and oxygen atoms in total. The van der Waals surface area contributed by atoms with Crippen molar-refractivity contribution >= 4 is 27.7 Å². The average molecular weight is 350 g/mol. The lowest BCUT2D eigenvalue weighted by molar-refractivity contribution is 0.641. The molecule has 20 heavy (non-hydrogen) atoms. The SMILES string of the molecule is CNC(C)c1cc(Br)ccc1SCc1ccccc1C. The minimum atomic E-state index is 0.354. The van der Waals surface area contributed by atoms with E-state index in [2.05, 4.69) is 77.6 Å². The van der Waals surface area contributed by atoms with E-state index in [1.54, 1.807) is 0 Å². The van der Waals surface area contributed by atoms with Crippen LogP contribution < -0.4 is 5.32 Å². The van der Waals surface area contributed by atoms with Crippen LogP contribution in [0.4, 0.5) is 0 Å². The summed E-state index contributed by atoms with van der Waals surface area (Å²) in [6.45, 7) is 4.37. The molecule has 0 heterocycles. The highest BCUT2D eigenvalue weighted by Gasteiger charge is 2.10. The van der Waals surface area contributed by atoms with Gasteiger partial charge >= 0.3 is 0 Å². The van der Waals surface area contributed by atoms with E-state index >= 15 is 0 Å². The minimum absolute atomic E-state index is 0.354. The molecule has 1 unspecified atom stereocenters. The van der Waals surface area contributed by atoms with E-state index in [1.165, 1.54) is 21.6 Å². The van der Waals surface area contributed by atoms with Gasteiger partial charge in [-0.1, -0.05) is 40.2 Å². The fourth-order valence-corrected chi connectivity index (χ4v) is 3.65. The lowest BCUT2D eigenvalue weighted by atomic mass is 10.1. The van der Waals surface area contributed by atoms with Gasteiger partial charge in [0.1, 0.15) is 0 Å². The van der Waals surface area contributed by atoms with Crippen molar-refractivity contribution in [3.63, 3.8) is 0 Å². The van der Waals surface area contributed by atoms with Crippen molar-refractivity contribution in [1.82, 2.24) is 5.32 Å². The molecular weight excluding hydrogens is 330 g/mol. The maximum atomic E-state index is 3.56. The summed E-state index contributed by atoms with van der Waals surface area (Å²) in [7, 11) is 2.00. The molecule has 0 saturated heterocycles. The molecule has 0 bridgehead atoms. The van der Waals surface area contributed by atoms with Crippen LogP contribution >= 0.6 is 27.7 Å². The van der Waals surface area contributed by atoms with Crippen molar-refractivity contribution in [2.24, 2.45) is 0 Å². The Morgan fingerprint density at radius 2 is 1.95 bits per heavy atom. The van der Waals surface area contributed by atoms with Gasteiger partial charge in [0.25, 0.3) is 0 Å². The fraction of sp³-hybridized carbons (Fsp3) is 0.294. The van der Waals surface area contributed by atoms with E-state index in [9.17, 15) is 0 Å². The zero-order chi connectivity index (χ0) is 14.5. The van der Waals surface area contributed by atoms with Crippen LogP contribution in [0.3, 0.4) is 0 Å². The van der Waals surface area contributed by atoms with Crippen LogP contribution in [-0.2, 0) is 5.75 Å². The summed E-state index contributed by atoms with van der Waals surface area (Å²) in [6, 6.07) is 15.5. The molecular formula is C17H20BrNS. The van der Waals surface area contributed by atoms with Crippen molar-refractivity contribution in [3.8, 4) is 0 Å². The van der Waals surface area contributed by atoms with Crippen molar-refractivity contribution in [2.75, 3.05) is 7.05 Å². The molecule has 2 aromatic rings. The average Bonchev–Trinajstić information content (AvgIpc) is 2.46. The monoisotopic (exact) mass is 349 g/mol. The Morgan fingerprint density at radius 1 is 1.20 bits per heavy atom. The van der Waals surface area contributed by atoms with Crippen LogP contribution in [-0.4, -0.2) is 7.05 Å². The third kappa shape index (κ3) is 3.87. The second kappa shape index (κ2) is 7.30. The number of rotatable bonds is 5. The maximum Gasteiger partial charge on any atom is 0.0300 e. The molecule has 0 aliphatic rings. The fourth-order valence-electron chi connectivity index (χ4n) is 2.07. The van der Waals surface area contributed by atoms with Gasteiger partial charge < -0.3 is 5.32 Å². The second-order valence-corrected chi connectivity index (χ2v) is 6.84. The highest BCUT2D eigenvalue weighted by molar-refractivity contribution is 9.10. The normalized spacial score (nSPS) is 12.4. The molecule has 0 fully saturated rings. The predicted octanol–water partition coefficient (Wildman–Crippen LogP) is 5.33. The number of aryl methyl sites for hydroxylation is 1. The van der Waals surface area contributed by atoms with Gasteiger partial charge in [-0.2, -0.15) is 0 Å². The Kier molecular flexibility index (Phi) is 5.70. The molecule has 2 aromatic carbocycles. The third-order valence-electron chi connectivity index (χ3n) is 3.52. The Morgan fingerprint density at radius 3 is 2.65 bits per heavy atom. The Bertz CT molecular complexity index is 583. The van der Waals surface area contributed by atoms with Gasteiger partial charge in [0, 0.05) is 21.2 Å². The molecule has 1 atom stereocenters. The van der Waals surface area contributed by atoms with E-state index in [0.29, 0.717) is 6.04 Å². The Hall–Kier alpha value is -0.770. The van der Waals surface area contributed by atoms with Crippen LogP contribution in [0, 0.1) is 6.92 Å². The number of hydrogen-bond acceptors (Lipinski definition) is 2. The summed E-state index contributed by atoms with van der Waals surface area (Å²) in [5, 5.41) is 3.32. The molecule has 0 amide bonds. The topological polar surface area (TPSA) is 12.0 Å². The molecule has 0 aliphatic heterocycles. The zero-order valence-electron chi connectivity index (χ0n) is 12.1. The summed E-state index contributed by atoms with van der Waals surface area (Å²) >= 11 is 5.47. The number of thioether (sulfide) groups is 1. The van der Waals surface area contributed by atoms with Gasteiger partial charge in [-0.05, 0) is 55.8 Å². The summed E-state index contributed by atoms with van der Waals surface area (Å²) in [5.41, 5.74) is 4.12. The quantitative estimate of drug-likeness (QED) is 0.732. The lowest BCUT2D eigenvalue weighted by Gasteiger charge is -2.16. The van der Waals surface area contributed by atoms with E-state index < -0.39 is 0 Å². The molecule has 0 radical (unpaired) electrons. The molecule has 0 aliphatic carbocycles. The van der Waals surface area contributed by atoms with Gasteiger partial charge in [-0.25, -0.2) is 0 Å². The van der Waals surface area contributed by atoms with Crippen molar-refractivity contribution < 1.29 is 0 Å². The van der Waals surface area contributed by atoms with E-state index in [1.807, 2.05) is 18.8 Å². The molecule has 3 heteroatoms. The first-order valence-corrected chi connectivity index (χ1v) is 8.53. The second-order valence-electron chi connectivity index (χ2n) is 4.91. The zero-order valence-corrected chi connectivity index (χ0v) is 14.5. The molecule has 2 rings (SSSR count). The first-order valence-electron chi connectivity index (χ1n) is 6.76. The van der Waals surface area contributed by atoms with Crippen LogP contribution in [0.25, 0.3) is 0 Å². The molecule has 0 saturated carbocycles. The van der Waals surface area contributed by atoms with Crippen LogP contribution in [0.15, 0.2) is 51.8 Å². The van der Waals surface area contributed by atoms with Gasteiger partial charge in [0.05, 0.1) is 0 Å². The van der Waals surface area contributed by atoms with Crippen LogP contribution in [0.2, 0.25) is 0 Å². The predicted molar refractivity (Wildman–Crippen MR) is 92.4 cm³/mol. The number of benzene rings is 2. The summed E-state index contributed by atoms with van der Waals surface area (Å²) in [4.78, 5) is 1.35. The Labute approximate surface area is 134 Å². The van der Waals surface area contributed by atoms with Crippen molar-refractivity contribution in [3.05, 3.63) is 63.6 Å². The van der Waals surface area contributed by atoms with Gasteiger partial charge in [0.2, 0.25) is 0 Å². The van der Waals surface area contributed by atoms with Gasteiger partial charge in [-0.15, -0.1) is 11.8 Å². The summed E-state index contributed by atoms with van der Waals surface area (Å²) in [6.07, 6.45) is 0. The van der Waals surface area contributed by atoms with E-state index in [-0.39, 0.29) is 0 Å². The maximum absolute atomic E-state index is 3.56. The lowest BCUT2D eigenvalue weighted by Crippen LogP contribution is -2.13. The molecule has 1 N–H and O–H groups in total. The van der Waals surface area contributed by atoms with Gasteiger partial charge in [-0.3, -0.25) is 0 Å². The minimum Gasteiger partial charge on any atom is -0.313 e. The third-order valence-corrected chi connectivity index (χ3v) is 5.15. The smallest absolute Gasteiger partial charge is 0.0300 e.